The molecule has 0 aliphatic heterocycles. The van der Waals surface area contributed by atoms with Gasteiger partial charge in [-0.05, 0) is 69.4 Å². The number of nitrogen functional groups attached to an aromatic ring is 1. The van der Waals surface area contributed by atoms with E-state index in [1.165, 1.54) is 33.4 Å². The lowest BCUT2D eigenvalue weighted by molar-refractivity contribution is 1.22. The molecule has 0 heterocycles. The number of nitrogens with two attached hydrogens (primary N) is 1. The first kappa shape index (κ1) is 28.9. The molecule has 2 N–H and O–H groups in total. The first-order chi connectivity index (χ1) is 9.86. The molecule has 0 aliphatic carbocycles. The van der Waals surface area contributed by atoms with Crippen LogP contribution in [0.5, 0.6) is 0 Å². The zero-order valence-electron chi connectivity index (χ0n) is 16.7. The average molecular weight is 310 g/mol. The van der Waals surface area contributed by atoms with Crippen LogP contribution in [0.2, 0.25) is 0 Å². The van der Waals surface area contributed by atoms with Crippen LogP contribution in [0, 0.1) is 27.7 Å². The van der Waals surface area contributed by atoms with E-state index in [2.05, 4.69) is 47.6 Å². The van der Waals surface area contributed by atoms with Crippen LogP contribution in [-0.2, 0) is 0 Å². The van der Waals surface area contributed by atoms with E-state index in [9.17, 15) is 0 Å². The van der Waals surface area contributed by atoms with Gasteiger partial charge in [-0.15, -0.1) is 0 Å². The highest BCUT2D eigenvalue weighted by atomic mass is 14.6. The third-order valence-corrected chi connectivity index (χ3v) is 3.17. The first-order valence-corrected chi connectivity index (χ1v) is 8.37. The highest BCUT2D eigenvalue weighted by molar-refractivity contribution is 5.71. The molecule has 0 unspecified atom stereocenters. The van der Waals surface area contributed by atoms with Crippen LogP contribution in [0.15, 0.2) is 5.57 Å². The van der Waals surface area contributed by atoms with E-state index in [4.69, 9.17) is 5.73 Å². The smallest absolute Gasteiger partial charge is 0.0382 e. The van der Waals surface area contributed by atoms with Crippen molar-refractivity contribution in [2.45, 2.75) is 90.5 Å². The summed E-state index contributed by atoms with van der Waals surface area (Å²) in [5.74, 6) is 0. The average Bonchev–Trinajstić information content (AvgIpc) is 2.53. The molecule has 0 atom stereocenters. The second-order valence-corrected chi connectivity index (χ2v) is 4.55. The zero-order valence-corrected chi connectivity index (χ0v) is 16.7. The second-order valence-electron chi connectivity index (χ2n) is 4.55. The van der Waals surface area contributed by atoms with Crippen molar-refractivity contribution in [1.82, 2.24) is 0 Å². The molecule has 0 spiro atoms. The van der Waals surface area contributed by atoms with Crippen molar-refractivity contribution in [2.24, 2.45) is 0 Å². The van der Waals surface area contributed by atoms with Gasteiger partial charge in [-0.2, -0.15) is 0 Å². The molecule has 1 aromatic carbocycles. The molecule has 0 fully saturated rings. The van der Waals surface area contributed by atoms with Crippen molar-refractivity contribution in [3.05, 3.63) is 33.4 Å². The summed E-state index contributed by atoms with van der Waals surface area (Å²) in [6, 6.07) is 0. The number of anilines is 1. The minimum absolute atomic E-state index is 0. The van der Waals surface area contributed by atoms with Gasteiger partial charge in [0, 0.05) is 5.69 Å². The minimum atomic E-state index is 0. The number of rotatable bonds is 1. The summed E-state index contributed by atoms with van der Waals surface area (Å²) >= 11 is 0. The third kappa shape index (κ3) is 8.26. The van der Waals surface area contributed by atoms with Crippen LogP contribution in [0.1, 0.15) is 90.6 Å². The maximum absolute atomic E-state index is 6.10. The number of hydrogen-bond acceptors (Lipinski definition) is 1. The molecular formula is C21H43N. The Morgan fingerprint density at radius 1 is 0.682 bits per heavy atom. The zero-order chi connectivity index (χ0) is 17.7. The first-order valence-electron chi connectivity index (χ1n) is 8.37. The van der Waals surface area contributed by atoms with Gasteiger partial charge in [0.1, 0.15) is 0 Å². The quantitative estimate of drug-likeness (QED) is 0.530. The minimum Gasteiger partial charge on any atom is -0.398 e. The molecule has 132 valence electrons. The van der Waals surface area contributed by atoms with E-state index < -0.39 is 0 Å². The maximum atomic E-state index is 6.10. The molecule has 1 nitrogen and oxygen atoms in total. The number of hydrogen-bond donors (Lipinski definition) is 1. The Labute approximate surface area is 142 Å². The standard InChI is InChI=1S/C14H21N.3C2H6.CH4/c1-8(2)7-13-10(4)9(3)11(5)14(15)12(13)6;3*1-2;/h7H,15H2,1-6H3;3*1-2H3;1H4. The lowest BCUT2D eigenvalue weighted by Gasteiger charge is -2.16. The Kier molecular flexibility index (Phi) is 21.2. The SMILES string of the molecule is C.CC.CC.CC.CC(C)=Cc1c(C)c(C)c(C)c(N)c1C. The van der Waals surface area contributed by atoms with Gasteiger partial charge in [0.2, 0.25) is 0 Å². The van der Waals surface area contributed by atoms with E-state index in [0.717, 1.165) is 5.69 Å². The topological polar surface area (TPSA) is 26.0 Å². The van der Waals surface area contributed by atoms with E-state index in [1.54, 1.807) is 0 Å². The van der Waals surface area contributed by atoms with Crippen molar-refractivity contribution in [2.75, 3.05) is 5.73 Å². The summed E-state index contributed by atoms with van der Waals surface area (Å²) in [5.41, 5.74) is 14.7. The molecule has 22 heavy (non-hydrogen) atoms. The van der Waals surface area contributed by atoms with Gasteiger partial charge in [0.25, 0.3) is 0 Å². The predicted molar refractivity (Wildman–Crippen MR) is 110 cm³/mol. The molecule has 0 amide bonds. The van der Waals surface area contributed by atoms with Crippen LogP contribution in [0.4, 0.5) is 5.69 Å². The van der Waals surface area contributed by atoms with Crippen molar-refractivity contribution in [3.8, 4) is 0 Å². The van der Waals surface area contributed by atoms with Crippen LogP contribution in [-0.4, -0.2) is 0 Å². The summed E-state index contributed by atoms with van der Waals surface area (Å²) in [6.07, 6.45) is 2.22. The highest BCUT2D eigenvalue weighted by Gasteiger charge is 2.10. The van der Waals surface area contributed by atoms with Crippen LogP contribution < -0.4 is 5.73 Å². The Hall–Kier alpha value is -1.24. The van der Waals surface area contributed by atoms with Gasteiger partial charge in [-0.25, -0.2) is 0 Å². The fraction of sp³-hybridized carbons (Fsp3) is 0.619. The second kappa shape index (κ2) is 16.1. The van der Waals surface area contributed by atoms with Gasteiger partial charge in [0.15, 0.2) is 0 Å². The number of benzene rings is 1. The largest absolute Gasteiger partial charge is 0.398 e. The Bertz CT molecular complexity index is 393. The summed E-state index contributed by atoms with van der Waals surface area (Å²) in [4.78, 5) is 0. The van der Waals surface area contributed by atoms with Crippen molar-refractivity contribution >= 4 is 11.8 Å². The Morgan fingerprint density at radius 2 is 1.05 bits per heavy atom. The normalized spacial score (nSPS) is 7.82. The molecule has 0 aliphatic rings. The lowest BCUT2D eigenvalue weighted by Crippen LogP contribution is -2.02. The van der Waals surface area contributed by atoms with Crippen LogP contribution in [0.3, 0.4) is 0 Å². The third-order valence-electron chi connectivity index (χ3n) is 3.17. The van der Waals surface area contributed by atoms with Crippen LogP contribution >= 0.6 is 0 Å². The molecule has 0 radical (unpaired) electrons. The van der Waals surface area contributed by atoms with Gasteiger partial charge in [-0.3, -0.25) is 0 Å². The molecule has 0 bridgehead atoms. The van der Waals surface area contributed by atoms with Gasteiger partial charge in [0.05, 0.1) is 0 Å². The molecule has 0 aromatic heterocycles. The monoisotopic (exact) mass is 309 g/mol. The van der Waals surface area contributed by atoms with Crippen molar-refractivity contribution in [3.63, 3.8) is 0 Å². The summed E-state index contributed by atoms with van der Waals surface area (Å²) in [5, 5.41) is 0. The highest BCUT2D eigenvalue weighted by Crippen LogP contribution is 2.29. The number of allylic oxidation sites excluding steroid dienone is 1. The fourth-order valence-electron chi connectivity index (χ4n) is 1.90. The Balaban J connectivity index is -0.000000206. The summed E-state index contributed by atoms with van der Waals surface area (Å²) < 4.78 is 0. The van der Waals surface area contributed by atoms with Crippen molar-refractivity contribution in [1.29, 1.82) is 0 Å². The summed E-state index contributed by atoms with van der Waals surface area (Å²) in [7, 11) is 0. The van der Waals surface area contributed by atoms with E-state index in [-0.39, 0.29) is 7.43 Å². The molecule has 1 aromatic rings. The Morgan fingerprint density at radius 3 is 1.36 bits per heavy atom. The van der Waals surface area contributed by atoms with Gasteiger partial charge in [-0.1, -0.05) is 60.6 Å². The van der Waals surface area contributed by atoms with Crippen molar-refractivity contribution < 1.29 is 0 Å². The lowest BCUT2D eigenvalue weighted by atomic mass is 9.91. The molecule has 0 saturated heterocycles. The van der Waals surface area contributed by atoms with Gasteiger partial charge < -0.3 is 5.73 Å². The molecule has 1 heteroatoms. The maximum Gasteiger partial charge on any atom is 0.0382 e. The van der Waals surface area contributed by atoms with E-state index >= 15 is 0 Å². The van der Waals surface area contributed by atoms with E-state index in [1.807, 2.05) is 41.5 Å². The van der Waals surface area contributed by atoms with E-state index in [0.29, 0.717) is 0 Å². The molecular weight excluding hydrogens is 266 g/mol. The molecule has 0 saturated carbocycles. The summed E-state index contributed by atoms with van der Waals surface area (Å²) in [6.45, 7) is 24.7. The fourth-order valence-corrected chi connectivity index (χ4v) is 1.90. The van der Waals surface area contributed by atoms with Gasteiger partial charge >= 0.3 is 0 Å². The van der Waals surface area contributed by atoms with Crippen LogP contribution in [0.25, 0.3) is 6.08 Å². The molecule has 1 rings (SSSR count). The predicted octanol–water partition coefficient (Wildman–Crippen LogP) is 7.64.